The number of carbonyl (C=O) groups excluding carboxylic acids is 1. The van der Waals surface area contributed by atoms with Gasteiger partial charge in [-0.3, -0.25) is 4.79 Å². The molecule has 0 radical (unpaired) electrons. The number of hydrogen-bond acceptors (Lipinski definition) is 3. The van der Waals surface area contributed by atoms with E-state index in [2.05, 4.69) is 10.2 Å². The van der Waals surface area contributed by atoms with Crippen LogP contribution in [0.5, 0.6) is 0 Å². The minimum absolute atomic E-state index is 0.217. The molecule has 0 N–H and O–H groups in total. The van der Waals surface area contributed by atoms with Crippen LogP contribution in [-0.2, 0) is 6.54 Å². The molecule has 1 aromatic carbocycles. The predicted octanol–water partition coefficient (Wildman–Crippen LogP) is 2.54. The molecule has 1 heterocycles. The van der Waals surface area contributed by atoms with Gasteiger partial charge in [0.25, 0.3) is 5.91 Å². The minimum Gasteiger partial charge on any atom is -0.336 e. The van der Waals surface area contributed by atoms with Crippen LogP contribution in [-0.4, -0.2) is 28.1 Å². The van der Waals surface area contributed by atoms with E-state index < -0.39 is 0 Å². The summed E-state index contributed by atoms with van der Waals surface area (Å²) in [6, 6.07) is 9.00. The van der Waals surface area contributed by atoms with Crippen molar-refractivity contribution < 1.29 is 9.18 Å². The number of rotatable bonds is 3. The maximum absolute atomic E-state index is 12.8. The summed E-state index contributed by atoms with van der Waals surface area (Å²) < 4.78 is 12.8. The lowest BCUT2D eigenvalue weighted by molar-refractivity contribution is 0.0778. The number of benzene rings is 1. The Morgan fingerprint density at radius 3 is 2.47 bits per heavy atom. The number of aromatic nitrogens is 2. The van der Waals surface area contributed by atoms with Gasteiger partial charge in [0.2, 0.25) is 0 Å². The second-order valence-electron chi connectivity index (χ2n) is 4.03. The molecule has 0 unspecified atom stereocenters. The predicted molar refractivity (Wildman–Crippen MR) is 69.2 cm³/mol. The zero-order valence-electron chi connectivity index (χ0n) is 10.2. The molecule has 0 bridgehead atoms. The van der Waals surface area contributed by atoms with E-state index in [4.69, 9.17) is 11.6 Å². The number of carbonyl (C=O) groups is 1. The Morgan fingerprint density at radius 2 is 1.89 bits per heavy atom. The van der Waals surface area contributed by atoms with E-state index in [1.165, 1.54) is 29.2 Å². The fourth-order valence-electron chi connectivity index (χ4n) is 1.56. The summed E-state index contributed by atoms with van der Waals surface area (Å²) in [6.07, 6.45) is 0. The van der Waals surface area contributed by atoms with Gasteiger partial charge in [0.1, 0.15) is 5.82 Å². The zero-order valence-corrected chi connectivity index (χ0v) is 10.9. The van der Waals surface area contributed by atoms with Crippen LogP contribution < -0.4 is 0 Å². The standard InChI is InChI=1S/C13H11ClFN3O/c1-18(8-9-2-4-10(15)5-3-9)13(19)11-6-7-12(14)17-16-11/h2-7H,8H2,1H3. The van der Waals surface area contributed by atoms with Crippen molar-refractivity contribution in [1.82, 2.24) is 15.1 Å². The van der Waals surface area contributed by atoms with Gasteiger partial charge in [-0.1, -0.05) is 23.7 Å². The SMILES string of the molecule is CN(Cc1ccc(F)cc1)C(=O)c1ccc(Cl)nn1. The van der Waals surface area contributed by atoms with Crippen molar-refractivity contribution in [3.8, 4) is 0 Å². The molecule has 6 heteroatoms. The van der Waals surface area contributed by atoms with E-state index in [0.717, 1.165) is 5.56 Å². The molecule has 0 aliphatic heterocycles. The van der Waals surface area contributed by atoms with Gasteiger partial charge in [-0.05, 0) is 29.8 Å². The molecule has 2 aromatic rings. The molecule has 2 rings (SSSR count). The number of nitrogens with zero attached hydrogens (tertiary/aromatic N) is 3. The second kappa shape index (κ2) is 5.75. The summed E-state index contributed by atoms with van der Waals surface area (Å²) in [5.74, 6) is -0.574. The molecule has 0 aliphatic carbocycles. The van der Waals surface area contributed by atoms with E-state index in [1.54, 1.807) is 19.2 Å². The highest BCUT2D eigenvalue weighted by Crippen LogP contribution is 2.09. The average molecular weight is 280 g/mol. The maximum atomic E-state index is 12.8. The smallest absolute Gasteiger partial charge is 0.274 e. The third kappa shape index (κ3) is 3.48. The van der Waals surface area contributed by atoms with E-state index in [9.17, 15) is 9.18 Å². The summed E-state index contributed by atoms with van der Waals surface area (Å²) >= 11 is 5.61. The van der Waals surface area contributed by atoms with Crippen molar-refractivity contribution in [2.75, 3.05) is 7.05 Å². The van der Waals surface area contributed by atoms with Crippen molar-refractivity contribution in [2.45, 2.75) is 6.54 Å². The van der Waals surface area contributed by atoms with Crippen LogP contribution in [0.15, 0.2) is 36.4 Å². The lowest BCUT2D eigenvalue weighted by Gasteiger charge is -2.16. The van der Waals surface area contributed by atoms with Crippen molar-refractivity contribution >= 4 is 17.5 Å². The molecule has 0 saturated heterocycles. The van der Waals surface area contributed by atoms with Crippen molar-refractivity contribution in [3.63, 3.8) is 0 Å². The van der Waals surface area contributed by atoms with E-state index >= 15 is 0 Å². The van der Waals surface area contributed by atoms with Crippen LogP contribution in [0.1, 0.15) is 16.1 Å². The van der Waals surface area contributed by atoms with Crippen molar-refractivity contribution in [1.29, 1.82) is 0 Å². The molecule has 4 nitrogen and oxygen atoms in total. The maximum Gasteiger partial charge on any atom is 0.274 e. The van der Waals surface area contributed by atoms with Crippen LogP contribution in [0.2, 0.25) is 5.15 Å². The van der Waals surface area contributed by atoms with Gasteiger partial charge in [-0.15, -0.1) is 10.2 Å². The zero-order chi connectivity index (χ0) is 13.8. The molecule has 1 aromatic heterocycles. The lowest BCUT2D eigenvalue weighted by Crippen LogP contribution is -2.27. The fourth-order valence-corrected chi connectivity index (χ4v) is 1.66. The first-order valence-corrected chi connectivity index (χ1v) is 5.93. The monoisotopic (exact) mass is 279 g/mol. The first kappa shape index (κ1) is 13.4. The van der Waals surface area contributed by atoms with Gasteiger partial charge in [0.05, 0.1) is 0 Å². The summed E-state index contributed by atoms with van der Waals surface area (Å²) in [4.78, 5) is 13.5. The number of amides is 1. The van der Waals surface area contributed by atoms with E-state index in [1.807, 2.05) is 0 Å². The molecular weight excluding hydrogens is 269 g/mol. The largest absolute Gasteiger partial charge is 0.336 e. The van der Waals surface area contributed by atoms with Crippen LogP contribution in [0.25, 0.3) is 0 Å². The Kier molecular flexibility index (Phi) is 4.06. The van der Waals surface area contributed by atoms with Gasteiger partial charge >= 0.3 is 0 Å². The summed E-state index contributed by atoms with van der Waals surface area (Å²) in [6.45, 7) is 0.365. The van der Waals surface area contributed by atoms with Crippen molar-refractivity contribution in [2.24, 2.45) is 0 Å². The van der Waals surface area contributed by atoms with E-state index in [0.29, 0.717) is 6.54 Å². The van der Waals surface area contributed by atoms with E-state index in [-0.39, 0.29) is 22.6 Å². The molecule has 0 saturated carbocycles. The molecule has 0 atom stereocenters. The molecule has 0 aliphatic rings. The van der Waals surface area contributed by atoms with Crippen LogP contribution >= 0.6 is 11.6 Å². The van der Waals surface area contributed by atoms with Gasteiger partial charge < -0.3 is 4.90 Å². The Balaban J connectivity index is 2.07. The summed E-state index contributed by atoms with van der Waals surface area (Å²) in [5, 5.41) is 7.58. The molecule has 1 amide bonds. The quantitative estimate of drug-likeness (QED) is 0.867. The third-order valence-electron chi connectivity index (χ3n) is 2.53. The highest BCUT2D eigenvalue weighted by Gasteiger charge is 2.14. The Labute approximate surface area is 114 Å². The first-order chi connectivity index (χ1) is 9.06. The molecule has 98 valence electrons. The Morgan fingerprint density at radius 1 is 1.21 bits per heavy atom. The van der Waals surface area contributed by atoms with Crippen LogP contribution in [0.4, 0.5) is 4.39 Å². The van der Waals surface area contributed by atoms with Gasteiger partial charge in [0, 0.05) is 13.6 Å². The normalized spacial score (nSPS) is 10.3. The van der Waals surface area contributed by atoms with Crippen LogP contribution in [0, 0.1) is 5.82 Å². The lowest BCUT2D eigenvalue weighted by atomic mass is 10.2. The topological polar surface area (TPSA) is 46.1 Å². The molecule has 0 fully saturated rings. The highest BCUT2D eigenvalue weighted by molar-refractivity contribution is 6.29. The molecular formula is C13H11ClFN3O. The van der Waals surface area contributed by atoms with Crippen LogP contribution in [0.3, 0.4) is 0 Å². The average Bonchev–Trinajstić information content (AvgIpc) is 2.41. The van der Waals surface area contributed by atoms with Crippen molar-refractivity contribution in [3.05, 3.63) is 58.6 Å². The second-order valence-corrected chi connectivity index (χ2v) is 4.42. The fraction of sp³-hybridized carbons (Fsp3) is 0.154. The van der Waals surface area contributed by atoms with Gasteiger partial charge in [-0.2, -0.15) is 0 Å². The minimum atomic E-state index is -0.304. The van der Waals surface area contributed by atoms with Gasteiger partial charge in [-0.25, -0.2) is 4.39 Å². The number of hydrogen-bond donors (Lipinski definition) is 0. The summed E-state index contributed by atoms with van der Waals surface area (Å²) in [7, 11) is 1.64. The first-order valence-electron chi connectivity index (χ1n) is 5.55. The third-order valence-corrected chi connectivity index (χ3v) is 2.73. The molecule has 19 heavy (non-hydrogen) atoms. The highest BCUT2D eigenvalue weighted by atomic mass is 35.5. The Bertz CT molecular complexity index is 571. The molecule has 0 spiro atoms. The Hall–Kier alpha value is -2.01. The number of halogens is 2. The summed E-state index contributed by atoms with van der Waals surface area (Å²) in [5.41, 5.74) is 1.05. The van der Waals surface area contributed by atoms with Gasteiger partial charge in [0.15, 0.2) is 10.8 Å².